The van der Waals surface area contributed by atoms with Crippen molar-refractivity contribution in [2.45, 2.75) is 21.1 Å². The number of hydrogen-bond donors (Lipinski definition) is 1. The third kappa shape index (κ3) is 5.69. The van der Waals surface area contributed by atoms with E-state index in [1.54, 1.807) is 17.0 Å². The van der Waals surface area contributed by atoms with Crippen LogP contribution in [0.15, 0.2) is 39.0 Å². The van der Waals surface area contributed by atoms with E-state index in [0.29, 0.717) is 20.8 Å². The minimum atomic E-state index is -3.12. The molecule has 0 spiro atoms. The molecule has 0 bridgehead atoms. The standard InChI is InChI=1S/C16H18N4O4S4/c17-13(21)8-25-15-18-19-16(27-15)26-9-14(22)20(11-4-2-1-3-5-11)12-6-7-28(23,24)10-12/h1-5,12H,6-10H2,(H2,17,21). The largest absolute Gasteiger partial charge is 0.369 e. The van der Waals surface area contributed by atoms with E-state index in [9.17, 15) is 18.0 Å². The Morgan fingerprint density at radius 3 is 2.36 bits per heavy atom. The smallest absolute Gasteiger partial charge is 0.237 e. The van der Waals surface area contributed by atoms with Gasteiger partial charge in [-0.25, -0.2) is 8.42 Å². The molecule has 3 rings (SSSR count). The first-order valence-electron chi connectivity index (χ1n) is 8.29. The summed E-state index contributed by atoms with van der Waals surface area (Å²) in [5, 5.41) is 7.97. The van der Waals surface area contributed by atoms with Gasteiger partial charge in [0.2, 0.25) is 11.8 Å². The van der Waals surface area contributed by atoms with Crippen LogP contribution >= 0.6 is 34.9 Å². The van der Waals surface area contributed by atoms with Gasteiger partial charge in [0.25, 0.3) is 0 Å². The number of nitrogens with zero attached hydrogens (tertiary/aromatic N) is 3. The Labute approximate surface area is 175 Å². The van der Waals surface area contributed by atoms with Crippen molar-refractivity contribution in [2.24, 2.45) is 5.73 Å². The van der Waals surface area contributed by atoms with Crippen molar-refractivity contribution in [2.75, 3.05) is 27.9 Å². The van der Waals surface area contributed by atoms with E-state index in [-0.39, 0.29) is 35.0 Å². The summed E-state index contributed by atoms with van der Waals surface area (Å²) in [6.07, 6.45) is 0.431. The Bertz CT molecular complexity index is 949. The molecule has 1 aromatic heterocycles. The number of carbonyl (C=O) groups excluding carboxylic acids is 2. The molecule has 0 aliphatic carbocycles. The van der Waals surface area contributed by atoms with Crippen molar-refractivity contribution in [3.63, 3.8) is 0 Å². The molecule has 12 heteroatoms. The number of primary amides is 1. The maximum Gasteiger partial charge on any atom is 0.237 e. The van der Waals surface area contributed by atoms with Crippen molar-refractivity contribution < 1.29 is 18.0 Å². The maximum absolute atomic E-state index is 12.9. The summed E-state index contributed by atoms with van der Waals surface area (Å²) in [4.78, 5) is 25.4. The number of amides is 2. The fraction of sp³-hybridized carbons (Fsp3) is 0.375. The molecule has 1 unspecified atom stereocenters. The van der Waals surface area contributed by atoms with Crippen LogP contribution in [0.3, 0.4) is 0 Å². The van der Waals surface area contributed by atoms with Gasteiger partial charge in [0.15, 0.2) is 18.5 Å². The molecular weight excluding hydrogens is 440 g/mol. The van der Waals surface area contributed by atoms with Gasteiger partial charge in [0.05, 0.1) is 29.1 Å². The molecular formula is C16H18N4O4S4. The number of benzene rings is 1. The summed E-state index contributed by atoms with van der Waals surface area (Å²) in [7, 11) is -3.12. The average Bonchev–Trinajstić information content (AvgIpc) is 3.25. The van der Waals surface area contributed by atoms with Crippen molar-refractivity contribution in [1.29, 1.82) is 0 Å². The lowest BCUT2D eigenvalue weighted by atomic mass is 10.2. The molecule has 1 aliphatic heterocycles. The van der Waals surface area contributed by atoms with Gasteiger partial charge >= 0.3 is 0 Å². The van der Waals surface area contributed by atoms with Gasteiger partial charge in [-0.2, -0.15) is 0 Å². The number of thioether (sulfide) groups is 2. The zero-order chi connectivity index (χ0) is 20.1. The fourth-order valence-electron chi connectivity index (χ4n) is 2.77. The molecule has 2 aromatic rings. The van der Waals surface area contributed by atoms with Gasteiger partial charge in [0, 0.05) is 5.69 Å². The molecule has 28 heavy (non-hydrogen) atoms. The Kier molecular flexibility index (Phi) is 6.96. The molecule has 1 aliphatic rings. The molecule has 1 aromatic carbocycles. The van der Waals surface area contributed by atoms with Crippen LogP contribution in [0.4, 0.5) is 5.69 Å². The van der Waals surface area contributed by atoms with Crippen molar-refractivity contribution >= 4 is 62.2 Å². The molecule has 150 valence electrons. The second kappa shape index (κ2) is 9.25. The monoisotopic (exact) mass is 458 g/mol. The second-order valence-electron chi connectivity index (χ2n) is 6.03. The molecule has 2 heterocycles. The number of carbonyl (C=O) groups is 2. The first-order valence-corrected chi connectivity index (χ1v) is 12.9. The Morgan fingerprint density at radius 1 is 1.14 bits per heavy atom. The molecule has 1 atom stereocenters. The van der Waals surface area contributed by atoms with E-state index in [4.69, 9.17) is 5.73 Å². The summed E-state index contributed by atoms with van der Waals surface area (Å²) < 4.78 is 25.0. The van der Waals surface area contributed by atoms with Crippen LogP contribution in [-0.4, -0.2) is 59.5 Å². The third-order valence-electron chi connectivity index (χ3n) is 3.92. The van der Waals surface area contributed by atoms with E-state index in [1.807, 2.05) is 18.2 Å². The number of rotatable bonds is 8. The van der Waals surface area contributed by atoms with Crippen molar-refractivity contribution in [1.82, 2.24) is 10.2 Å². The Hall–Kier alpha value is -1.63. The minimum Gasteiger partial charge on any atom is -0.369 e. The number of aromatic nitrogens is 2. The van der Waals surface area contributed by atoms with E-state index in [0.717, 1.165) is 0 Å². The van der Waals surface area contributed by atoms with Gasteiger partial charge in [-0.3, -0.25) is 9.59 Å². The zero-order valence-corrected chi connectivity index (χ0v) is 18.0. The van der Waals surface area contributed by atoms with Crippen LogP contribution in [0.25, 0.3) is 0 Å². The minimum absolute atomic E-state index is 0.0228. The van der Waals surface area contributed by atoms with Crippen LogP contribution < -0.4 is 10.6 Å². The molecule has 8 nitrogen and oxygen atoms in total. The van der Waals surface area contributed by atoms with Gasteiger partial charge in [-0.15, -0.1) is 10.2 Å². The predicted molar refractivity (Wildman–Crippen MR) is 112 cm³/mol. The van der Waals surface area contributed by atoms with Gasteiger partial charge in [0.1, 0.15) is 0 Å². The zero-order valence-electron chi connectivity index (χ0n) is 14.7. The number of anilines is 1. The normalized spacial score (nSPS) is 18.1. The molecule has 1 fully saturated rings. The highest BCUT2D eigenvalue weighted by atomic mass is 32.2. The Balaban J connectivity index is 1.67. The van der Waals surface area contributed by atoms with Crippen LogP contribution in [0.5, 0.6) is 0 Å². The molecule has 0 saturated carbocycles. The lowest BCUT2D eigenvalue weighted by Crippen LogP contribution is -2.42. The summed E-state index contributed by atoms with van der Waals surface area (Å²) in [5.74, 6) is -0.311. The lowest BCUT2D eigenvalue weighted by molar-refractivity contribution is -0.117. The Morgan fingerprint density at radius 2 is 1.79 bits per heavy atom. The van der Waals surface area contributed by atoms with Gasteiger partial charge < -0.3 is 10.6 Å². The van der Waals surface area contributed by atoms with Gasteiger partial charge in [-0.05, 0) is 18.6 Å². The van der Waals surface area contributed by atoms with Crippen LogP contribution in [0, 0.1) is 0 Å². The number of hydrogen-bond acceptors (Lipinski definition) is 9. The first kappa shape index (κ1) is 21.1. The summed E-state index contributed by atoms with van der Waals surface area (Å²) in [6, 6.07) is 8.72. The number of sulfone groups is 1. The van der Waals surface area contributed by atoms with E-state index < -0.39 is 15.7 Å². The predicted octanol–water partition coefficient (Wildman–Crippen LogP) is 1.43. The number of para-hydroxylation sites is 1. The van der Waals surface area contributed by atoms with E-state index in [1.165, 1.54) is 34.9 Å². The summed E-state index contributed by atoms with van der Waals surface area (Å²) in [5.41, 5.74) is 5.80. The highest BCUT2D eigenvalue weighted by molar-refractivity contribution is 8.03. The van der Waals surface area contributed by atoms with E-state index >= 15 is 0 Å². The van der Waals surface area contributed by atoms with Crippen molar-refractivity contribution in [3.8, 4) is 0 Å². The highest BCUT2D eigenvalue weighted by Gasteiger charge is 2.35. The summed E-state index contributed by atoms with van der Waals surface area (Å²) >= 11 is 3.73. The molecule has 2 amide bonds. The highest BCUT2D eigenvalue weighted by Crippen LogP contribution is 2.30. The molecule has 2 N–H and O–H groups in total. The van der Waals surface area contributed by atoms with Gasteiger partial charge in [-0.1, -0.05) is 53.1 Å². The van der Waals surface area contributed by atoms with Crippen molar-refractivity contribution in [3.05, 3.63) is 30.3 Å². The first-order chi connectivity index (χ1) is 13.3. The average molecular weight is 459 g/mol. The second-order valence-corrected chi connectivity index (χ2v) is 11.7. The summed E-state index contributed by atoms with van der Waals surface area (Å²) in [6.45, 7) is 0. The van der Waals surface area contributed by atoms with Crippen LogP contribution in [0.2, 0.25) is 0 Å². The van der Waals surface area contributed by atoms with Crippen LogP contribution in [-0.2, 0) is 19.4 Å². The molecule has 1 saturated heterocycles. The quantitative estimate of drug-likeness (QED) is 0.589. The fourth-order valence-corrected chi connectivity index (χ4v) is 7.08. The van der Waals surface area contributed by atoms with Crippen LogP contribution in [0.1, 0.15) is 6.42 Å². The third-order valence-corrected chi connectivity index (χ3v) is 8.87. The molecule has 0 radical (unpaired) electrons. The SMILES string of the molecule is NC(=O)CSc1nnc(SCC(=O)N(c2ccccc2)C2CCS(=O)(=O)C2)s1. The maximum atomic E-state index is 12.9. The van der Waals surface area contributed by atoms with E-state index in [2.05, 4.69) is 10.2 Å². The number of nitrogens with two attached hydrogens (primary N) is 1. The topological polar surface area (TPSA) is 123 Å². The lowest BCUT2D eigenvalue weighted by Gasteiger charge is -2.28.